The van der Waals surface area contributed by atoms with Crippen molar-refractivity contribution in [3.63, 3.8) is 0 Å². The summed E-state index contributed by atoms with van der Waals surface area (Å²) in [5.74, 6) is -0.513. The van der Waals surface area contributed by atoms with Gasteiger partial charge in [0.15, 0.2) is 12.3 Å². The van der Waals surface area contributed by atoms with E-state index in [1.165, 1.54) is 15.8 Å². The third-order valence-corrected chi connectivity index (χ3v) is 4.09. The molecule has 3 aromatic rings. The summed E-state index contributed by atoms with van der Waals surface area (Å²) in [6.07, 6.45) is 1.52. The highest BCUT2D eigenvalue weighted by Gasteiger charge is 2.20. The molecule has 2 heterocycles. The van der Waals surface area contributed by atoms with Gasteiger partial charge in [-0.3, -0.25) is 9.59 Å². The van der Waals surface area contributed by atoms with E-state index < -0.39 is 12.6 Å². The zero-order valence-corrected chi connectivity index (χ0v) is 15.0. The molecule has 1 aromatic carbocycles. The lowest BCUT2D eigenvalue weighted by molar-refractivity contribution is -0.134. The van der Waals surface area contributed by atoms with Crippen molar-refractivity contribution in [2.24, 2.45) is 0 Å². The fourth-order valence-corrected chi connectivity index (χ4v) is 2.63. The number of rotatable bonds is 6. The average Bonchev–Trinajstić information content (AvgIpc) is 3.19. The lowest BCUT2D eigenvalue weighted by Crippen LogP contribution is -2.31. The summed E-state index contributed by atoms with van der Waals surface area (Å²) >= 11 is 0. The standard InChI is InChI=1S/C19H19N3O5/c1-3-22-18(24)15-9-5-4-8-14(15)17(20-22)19(25)27-12-16(23)21(2)11-13-7-6-10-26-13/h4-10H,3,11-12H2,1-2H3. The van der Waals surface area contributed by atoms with Crippen molar-refractivity contribution in [1.29, 1.82) is 0 Å². The second-order valence-corrected chi connectivity index (χ2v) is 5.92. The first-order valence-corrected chi connectivity index (χ1v) is 8.44. The molecule has 8 nitrogen and oxygen atoms in total. The molecule has 3 rings (SSSR count). The van der Waals surface area contributed by atoms with Gasteiger partial charge in [0.1, 0.15) is 5.76 Å². The van der Waals surface area contributed by atoms with Crippen molar-refractivity contribution < 1.29 is 18.7 Å². The molecule has 27 heavy (non-hydrogen) atoms. The zero-order chi connectivity index (χ0) is 19.4. The topological polar surface area (TPSA) is 94.6 Å². The van der Waals surface area contributed by atoms with Gasteiger partial charge in [0.05, 0.1) is 18.2 Å². The summed E-state index contributed by atoms with van der Waals surface area (Å²) in [7, 11) is 1.59. The number of aromatic nitrogens is 2. The molecule has 0 unspecified atom stereocenters. The van der Waals surface area contributed by atoms with Gasteiger partial charge in [0, 0.05) is 19.0 Å². The SMILES string of the molecule is CCn1nc(C(=O)OCC(=O)N(C)Cc2ccco2)c2ccccc2c1=O. The van der Waals surface area contributed by atoms with E-state index in [0.717, 1.165) is 0 Å². The highest BCUT2D eigenvalue weighted by atomic mass is 16.5. The van der Waals surface area contributed by atoms with Gasteiger partial charge in [-0.15, -0.1) is 0 Å². The number of carbonyl (C=O) groups is 2. The van der Waals surface area contributed by atoms with Crippen LogP contribution in [0, 0.1) is 0 Å². The van der Waals surface area contributed by atoms with Crippen LogP contribution in [0.15, 0.2) is 51.9 Å². The number of furan rings is 1. The number of benzene rings is 1. The fourth-order valence-electron chi connectivity index (χ4n) is 2.63. The molecule has 0 aliphatic rings. The second kappa shape index (κ2) is 7.86. The monoisotopic (exact) mass is 369 g/mol. The van der Waals surface area contributed by atoms with Crippen molar-refractivity contribution in [1.82, 2.24) is 14.7 Å². The summed E-state index contributed by atoms with van der Waals surface area (Å²) in [6.45, 7) is 1.91. The van der Waals surface area contributed by atoms with Crippen LogP contribution in [0.3, 0.4) is 0 Å². The van der Waals surface area contributed by atoms with Crippen LogP contribution >= 0.6 is 0 Å². The Balaban J connectivity index is 1.75. The van der Waals surface area contributed by atoms with Crippen molar-refractivity contribution in [2.75, 3.05) is 13.7 Å². The molecular weight excluding hydrogens is 350 g/mol. The van der Waals surface area contributed by atoms with Crippen molar-refractivity contribution in [3.8, 4) is 0 Å². The zero-order valence-electron chi connectivity index (χ0n) is 15.0. The largest absolute Gasteiger partial charge is 0.467 e. The van der Waals surface area contributed by atoms with Crippen LogP contribution in [-0.2, 0) is 22.6 Å². The van der Waals surface area contributed by atoms with Crippen LogP contribution in [0.1, 0.15) is 23.2 Å². The van der Waals surface area contributed by atoms with Gasteiger partial charge < -0.3 is 14.1 Å². The number of nitrogens with zero attached hydrogens (tertiary/aromatic N) is 3. The Kier molecular flexibility index (Phi) is 5.35. The van der Waals surface area contributed by atoms with Crippen molar-refractivity contribution in [3.05, 3.63) is 64.5 Å². The number of hydrogen-bond donors (Lipinski definition) is 0. The van der Waals surface area contributed by atoms with Crippen LogP contribution < -0.4 is 5.56 Å². The summed E-state index contributed by atoms with van der Waals surface area (Å²) in [5, 5.41) is 4.87. The number of hydrogen-bond acceptors (Lipinski definition) is 6. The van der Waals surface area contributed by atoms with E-state index >= 15 is 0 Å². The molecular formula is C19H19N3O5. The summed E-state index contributed by atoms with van der Waals surface area (Å²) < 4.78 is 11.5. The van der Waals surface area contributed by atoms with E-state index in [1.807, 2.05) is 0 Å². The predicted octanol–water partition coefficient (Wildman–Crippen LogP) is 1.82. The van der Waals surface area contributed by atoms with Crippen LogP contribution in [0.4, 0.5) is 0 Å². The van der Waals surface area contributed by atoms with Gasteiger partial charge in [-0.1, -0.05) is 18.2 Å². The Labute approximate surface area is 154 Å². The van der Waals surface area contributed by atoms with Gasteiger partial charge in [0.25, 0.3) is 11.5 Å². The highest BCUT2D eigenvalue weighted by Crippen LogP contribution is 2.14. The van der Waals surface area contributed by atoms with Gasteiger partial charge in [-0.2, -0.15) is 5.10 Å². The minimum Gasteiger partial charge on any atom is -0.467 e. The van der Waals surface area contributed by atoms with Gasteiger partial charge >= 0.3 is 5.97 Å². The molecule has 1 amide bonds. The van der Waals surface area contributed by atoms with Crippen LogP contribution in [0.2, 0.25) is 0 Å². The molecule has 0 bridgehead atoms. The second-order valence-electron chi connectivity index (χ2n) is 5.92. The molecule has 0 spiro atoms. The molecule has 0 radical (unpaired) electrons. The number of esters is 1. The van der Waals surface area contributed by atoms with E-state index in [4.69, 9.17) is 9.15 Å². The van der Waals surface area contributed by atoms with Crippen LogP contribution in [0.5, 0.6) is 0 Å². The number of amides is 1. The lowest BCUT2D eigenvalue weighted by atomic mass is 10.1. The van der Waals surface area contributed by atoms with E-state index in [-0.39, 0.29) is 23.7 Å². The molecule has 0 fully saturated rings. The maximum atomic E-state index is 12.5. The van der Waals surface area contributed by atoms with E-state index in [0.29, 0.717) is 23.1 Å². The van der Waals surface area contributed by atoms with Crippen molar-refractivity contribution >= 4 is 22.6 Å². The molecule has 140 valence electrons. The number of likely N-dealkylation sites (N-methyl/N-ethyl adjacent to an activating group) is 1. The molecule has 0 saturated heterocycles. The number of ether oxygens (including phenoxy) is 1. The molecule has 0 aliphatic heterocycles. The number of carbonyl (C=O) groups excluding carboxylic acids is 2. The normalized spacial score (nSPS) is 10.7. The van der Waals surface area contributed by atoms with Crippen LogP contribution in [-0.4, -0.2) is 40.2 Å². The van der Waals surface area contributed by atoms with Crippen molar-refractivity contribution in [2.45, 2.75) is 20.0 Å². The van der Waals surface area contributed by atoms with Gasteiger partial charge in [-0.25, -0.2) is 9.48 Å². The Morgan fingerprint density at radius 1 is 1.19 bits per heavy atom. The maximum absolute atomic E-state index is 12.5. The van der Waals surface area contributed by atoms with E-state index in [9.17, 15) is 14.4 Å². The Bertz CT molecular complexity index is 1020. The Morgan fingerprint density at radius 2 is 1.93 bits per heavy atom. The van der Waals surface area contributed by atoms with E-state index in [1.54, 1.807) is 50.4 Å². The first-order chi connectivity index (χ1) is 13.0. The molecule has 0 atom stereocenters. The quantitative estimate of drug-likeness (QED) is 0.615. The molecule has 8 heteroatoms. The third-order valence-electron chi connectivity index (χ3n) is 4.09. The maximum Gasteiger partial charge on any atom is 0.359 e. The first kappa shape index (κ1) is 18.4. The predicted molar refractivity (Wildman–Crippen MR) is 97.1 cm³/mol. The average molecular weight is 369 g/mol. The van der Waals surface area contributed by atoms with Gasteiger partial charge in [0.2, 0.25) is 0 Å². The summed E-state index contributed by atoms with van der Waals surface area (Å²) in [6, 6.07) is 10.2. The molecule has 0 N–H and O–H groups in total. The summed E-state index contributed by atoms with van der Waals surface area (Å²) in [5.41, 5.74) is -0.271. The minimum atomic E-state index is -0.756. The molecule has 2 aromatic heterocycles. The number of aryl methyl sites for hydroxylation is 1. The Hall–Kier alpha value is -3.42. The molecule has 0 saturated carbocycles. The van der Waals surface area contributed by atoms with E-state index in [2.05, 4.69) is 5.10 Å². The van der Waals surface area contributed by atoms with Crippen LogP contribution in [0.25, 0.3) is 10.8 Å². The van der Waals surface area contributed by atoms with Gasteiger partial charge in [-0.05, 0) is 25.1 Å². The highest BCUT2D eigenvalue weighted by molar-refractivity contribution is 6.02. The summed E-state index contributed by atoms with van der Waals surface area (Å²) in [4.78, 5) is 38.4. The minimum absolute atomic E-state index is 0.00791. The smallest absolute Gasteiger partial charge is 0.359 e. The Morgan fingerprint density at radius 3 is 2.59 bits per heavy atom. The first-order valence-electron chi connectivity index (χ1n) is 8.44. The number of fused-ring (bicyclic) bond motifs is 1. The molecule has 0 aliphatic carbocycles. The third kappa shape index (κ3) is 3.89. The fraction of sp³-hybridized carbons (Fsp3) is 0.263. The lowest BCUT2D eigenvalue weighted by Gasteiger charge is -2.16.